The van der Waals surface area contributed by atoms with Gasteiger partial charge in [-0.1, -0.05) is 12.1 Å². The van der Waals surface area contributed by atoms with Crippen molar-refractivity contribution in [2.45, 2.75) is 6.11 Å². The zero-order chi connectivity index (χ0) is 19.2. The minimum atomic E-state index is -4.28. The lowest BCUT2D eigenvalue weighted by Crippen LogP contribution is -2.24. The quantitative estimate of drug-likeness (QED) is 0.405. The first kappa shape index (κ1) is 17.0. The molecule has 0 aliphatic heterocycles. The largest absolute Gasteiger partial charge is 0.430 e. The van der Waals surface area contributed by atoms with Crippen LogP contribution >= 0.6 is 0 Å². The molecule has 4 rings (SSSR count). The Morgan fingerprint density at radius 2 is 1.74 bits per heavy atom. The minimum Gasteiger partial charge on any atom is -0.409 e. The number of rotatable bonds is 4. The number of para-hydroxylation sites is 2. The van der Waals surface area contributed by atoms with Crippen molar-refractivity contribution in [2.24, 2.45) is 0 Å². The molecule has 0 fully saturated rings. The molecular formula is C17H9F5N4O. The van der Waals surface area contributed by atoms with Gasteiger partial charge in [0.1, 0.15) is 11.3 Å². The first-order chi connectivity index (χ1) is 12.8. The highest BCUT2D eigenvalue weighted by atomic mass is 19.3. The van der Waals surface area contributed by atoms with Crippen LogP contribution in [-0.2, 0) is 6.11 Å². The Hall–Kier alpha value is -3.43. The number of imidazole rings is 1. The predicted molar refractivity (Wildman–Crippen MR) is 84.5 cm³/mol. The van der Waals surface area contributed by atoms with Crippen molar-refractivity contribution < 1.29 is 26.7 Å². The van der Waals surface area contributed by atoms with Crippen LogP contribution in [-0.4, -0.2) is 20.2 Å². The third-order valence-corrected chi connectivity index (χ3v) is 3.78. The molecule has 4 aromatic rings. The Labute approximate surface area is 147 Å². The van der Waals surface area contributed by atoms with Crippen LogP contribution in [0.4, 0.5) is 22.0 Å². The third kappa shape index (κ3) is 2.98. The summed E-state index contributed by atoms with van der Waals surface area (Å²) in [6.45, 7) is 0. The number of benzene rings is 2. The number of ether oxygens (including phenoxy) is 1. The summed E-state index contributed by atoms with van der Waals surface area (Å²) in [6.07, 6.45) is -4.28. The zero-order valence-electron chi connectivity index (χ0n) is 13.2. The average Bonchev–Trinajstić information content (AvgIpc) is 3.25. The number of nitrogens with zero attached hydrogens (tertiary/aromatic N) is 2. The number of nitrogens with one attached hydrogen (secondary N) is 2. The Morgan fingerprint density at radius 1 is 0.963 bits per heavy atom. The molecule has 2 aromatic carbocycles. The van der Waals surface area contributed by atoms with Gasteiger partial charge in [0, 0.05) is 6.07 Å². The molecule has 0 aliphatic rings. The number of aromatic nitrogens is 4. The van der Waals surface area contributed by atoms with Gasteiger partial charge in [0.25, 0.3) is 0 Å². The lowest BCUT2D eigenvalue weighted by Gasteiger charge is -2.17. The van der Waals surface area contributed by atoms with E-state index in [-0.39, 0.29) is 5.69 Å². The van der Waals surface area contributed by atoms with E-state index in [0.29, 0.717) is 23.5 Å². The monoisotopic (exact) mass is 380 g/mol. The summed E-state index contributed by atoms with van der Waals surface area (Å²) in [5, 5.41) is 6.03. The van der Waals surface area contributed by atoms with Crippen LogP contribution in [0.15, 0.2) is 42.5 Å². The van der Waals surface area contributed by atoms with Gasteiger partial charge in [0.15, 0.2) is 23.3 Å². The second kappa shape index (κ2) is 6.08. The van der Waals surface area contributed by atoms with Gasteiger partial charge in [-0.25, -0.2) is 18.2 Å². The van der Waals surface area contributed by atoms with Gasteiger partial charge >= 0.3 is 6.11 Å². The third-order valence-electron chi connectivity index (χ3n) is 3.78. The summed E-state index contributed by atoms with van der Waals surface area (Å²) in [6, 6.07) is 9.01. The molecule has 2 aromatic heterocycles. The van der Waals surface area contributed by atoms with Crippen LogP contribution in [0.2, 0.25) is 0 Å². The van der Waals surface area contributed by atoms with Crippen LogP contribution in [0.25, 0.3) is 22.6 Å². The fourth-order valence-electron chi connectivity index (χ4n) is 2.49. The summed E-state index contributed by atoms with van der Waals surface area (Å²) in [5.41, 5.74) is 0.162. The SMILES string of the molecule is Fc1ccc(C(F)(F)Oc2cc(-c3nc4ccccc4[nH]3)[nH]n2)c(F)c1F. The summed E-state index contributed by atoms with van der Waals surface area (Å²) < 4.78 is 72.5. The lowest BCUT2D eigenvalue weighted by atomic mass is 10.2. The molecule has 0 bridgehead atoms. The highest BCUT2D eigenvalue weighted by Gasteiger charge is 2.40. The van der Waals surface area contributed by atoms with E-state index in [0.717, 1.165) is 11.6 Å². The van der Waals surface area contributed by atoms with Crippen molar-refractivity contribution in [3.05, 3.63) is 65.5 Å². The first-order valence-corrected chi connectivity index (χ1v) is 7.56. The summed E-state index contributed by atoms with van der Waals surface area (Å²) in [5.74, 6) is -5.90. The molecule has 0 radical (unpaired) electrons. The summed E-state index contributed by atoms with van der Waals surface area (Å²) in [4.78, 5) is 7.23. The fraction of sp³-hybridized carbons (Fsp3) is 0.0588. The maximum atomic E-state index is 14.2. The number of fused-ring (bicyclic) bond motifs is 1. The standard InChI is InChI=1S/C17H9F5N4O/c18-9-6-5-8(14(19)15(9)20)17(21,22)27-13-7-12(25-26-13)16-23-10-3-1-2-4-11(10)24-16/h1-7H,(H,23,24)(H,25,26). The van der Waals surface area contributed by atoms with Crippen molar-refractivity contribution in [1.29, 1.82) is 0 Å². The highest BCUT2D eigenvalue weighted by Crippen LogP contribution is 2.34. The number of halogens is 5. The van der Waals surface area contributed by atoms with Crippen LogP contribution in [0.3, 0.4) is 0 Å². The number of hydrogen-bond acceptors (Lipinski definition) is 3. The van der Waals surface area contributed by atoms with Gasteiger partial charge in [-0.3, -0.25) is 5.10 Å². The molecule has 27 heavy (non-hydrogen) atoms. The maximum absolute atomic E-state index is 14.2. The maximum Gasteiger partial charge on any atom is 0.430 e. The molecular weight excluding hydrogens is 371 g/mol. The molecule has 5 nitrogen and oxygen atoms in total. The normalized spacial score (nSPS) is 11.9. The Kier molecular flexibility index (Phi) is 3.83. The molecule has 138 valence electrons. The molecule has 10 heteroatoms. The number of hydrogen-bond donors (Lipinski definition) is 2. The van der Waals surface area contributed by atoms with Gasteiger partial charge in [0.05, 0.1) is 11.0 Å². The smallest absolute Gasteiger partial charge is 0.409 e. The lowest BCUT2D eigenvalue weighted by molar-refractivity contribution is -0.189. The fourth-order valence-corrected chi connectivity index (χ4v) is 2.49. The molecule has 0 saturated heterocycles. The van der Waals surface area contributed by atoms with Crippen molar-refractivity contribution in [3.8, 4) is 17.4 Å². The first-order valence-electron chi connectivity index (χ1n) is 7.56. The van der Waals surface area contributed by atoms with E-state index < -0.39 is 35.0 Å². The van der Waals surface area contributed by atoms with Gasteiger partial charge in [-0.15, -0.1) is 5.10 Å². The van der Waals surface area contributed by atoms with Gasteiger partial charge < -0.3 is 9.72 Å². The van der Waals surface area contributed by atoms with Crippen LogP contribution in [0.1, 0.15) is 5.56 Å². The van der Waals surface area contributed by atoms with E-state index in [4.69, 9.17) is 0 Å². The van der Waals surface area contributed by atoms with Crippen molar-refractivity contribution in [1.82, 2.24) is 20.2 Å². The summed E-state index contributed by atoms with van der Waals surface area (Å²) >= 11 is 0. The highest BCUT2D eigenvalue weighted by molar-refractivity contribution is 5.78. The van der Waals surface area contributed by atoms with E-state index in [9.17, 15) is 22.0 Å². The van der Waals surface area contributed by atoms with Gasteiger partial charge in [-0.2, -0.15) is 8.78 Å². The van der Waals surface area contributed by atoms with E-state index in [1.165, 1.54) is 0 Å². The average molecular weight is 380 g/mol. The predicted octanol–water partition coefficient (Wildman–Crippen LogP) is 4.50. The molecule has 0 aliphatic carbocycles. The Bertz CT molecular complexity index is 1100. The Balaban J connectivity index is 1.63. The molecule has 0 spiro atoms. The van der Waals surface area contributed by atoms with Crippen molar-refractivity contribution in [2.75, 3.05) is 0 Å². The van der Waals surface area contributed by atoms with E-state index in [2.05, 4.69) is 24.9 Å². The number of aromatic amines is 2. The number of alkyl halides is 2. The number of H-pyrrole nitrogens is 2. The molecule has 2 N–H and O–H groups in total. The summed E-state index contributed by atoms with van der Waals surface area (Å²) in [7, 11) is 0. The van der Waals surface area contributed by atoms with Gasteiger partial charge in [-0.05, 0) is 24.3 Å². The topological polar surface area (TPSA) is 66.6 Å². The molecule has 0 amide bonds. The van der Waals surface area contributed by atoms with Crippen LogP contribution < -0.4 is 4.74 Å². The van der Waals surface area contributed by atoms with E-state index in [1.807, 2.05) is 0 Å². The molecule has 0 unspecified atom stereocenters. The Morgan fingerprint density at radius 3 is 2.52 bits per heavy atom. The van der Waals surface area contributed by atoms with E-state index >= 15 is 0 Å². The molecule has 0 atom stereocenters. The van der Waals surface area contributed by atoms with Crippen LogP contribution in [0.5, 0.6) is 5.88 Å². The van der Waals surface area contributed by atoms with E-state index in [1.54, 1.807) is 24.3 Å². The molecule has 2 heterocycles. The molecule has 0 saturated carbocycles. The van der Waals surface area contributed by atoms with Crippen LogP contribution in [0, 0.1) is 17.5 Å². The van der Waals surface area contributed by atoms with Crippen molar-refractivity contribution >= 4 is 11.0 Å². The van der Waals surface area contributed by atoms with Gasteiger partial charge in [0.2, 0.25) is 5.88 Å². The zero-order valence-corrected chi connectivity index (χ0v) is 13.2. The van der Waals surface area contributed by atoms with Crippen molar-refractivity contribution in [3.63, 3.8) is 0 Å². The second-order valence-corrected chi connectivity index (χ2v) is 5.56. The second-order valence-electron chi connectivity index (χ2n) is 5.56. The minimum absolute atomic E-state index is 0.239.